The number of carbonyl (C=O) groups excluding carboxylic acids is 2. The summed E-state index contributed by atoms with van der Waals surface area (Å²) in [5.41, 5.74) is 6.78. The minimum absolute atomic E-state index is 0.199. The van der Waals surface area contributed by atoms with Crippen molar-refractivity contribution in [3.05, 3.63) is 168 Å². The molecule has 0 fully saturated rings. The number of benzene rings is 5. The lowest BCUT2D eigenvalue weighted by Gasteiger charge is -2.17. The molecule has 1 aromatic heterocycles. The average Bonchev–Trinajstić information content (AvgIpc) is 3.42. The third kappa shape index (κ3) is 4.95. The molecular weight excluding hydrogens is 516 g/mol. The Balaban J connectivity index is 1.79. The van der Waals surface area contributed by atoms with Gasteiger partial charge in [-0.3, -0.25) is 9.59 Å². The summed E-state index contributed by atoms with van der Waals surface area (Å²) in [4.78, 5) is 31.2. The average molecular weight is 547 g/mol. The second-order valence-corrected chi connectivity index (χ2v) is 10.3. The molecule has 0 bridgehead atoms. The number of nitrogens with zero attached hydrogens (tertiary/aromatic N) is 2. The van der Waals surface area contributed by atoms with E-state index in [9.17, 15) is 9.59 Å². The van der Waals surface area contributed by atoms with E-state index in [-0.39, 0.29) is 11.6 Å². The minimum atomic E-state index is -0.199. The fourth-order valence-electron chi connectivity index (χ4n) is 5.38. The van der Waals surface area contributed by atoms with Crippen molar-refractivity contribution in [2.75, 3.05) is 19.0 Å². The molecule has 4 nitrogen and oxygen atoms in total. The summed E-state index contributed by atoms with van der Waals surface area (Å²) in [6, 6.07) is 46.3. The van der Waals surface area contributed by atoms with E-state index in [1.165, 1.54) is 0 Å². The molecule has 0 saturated heterocycles. The maximum atomic E-state index is 14.6. The highest BCUT2D eigenvalue weighted by molar-refractivity contribution is 6.25. The summed E-state index contributed by atoms with van der Waals surface area (Å²) >= 11 is 0. The smallest absolute Gasteiger partial charge is 0.195 e. The predicted molar refractivity (Wildman–Crippen MR) is 171 cm³/mol. The lowest BCUT2D eigenvalue weighted by Crippen LogP contribution is -2.11. The Morgan fingerprint density at radius 3 is 1.19 bits per heavy atom. The predicted octanol–water partition coefficient (Wildman–Crippen LogP) is 8.34. The van der Waals surface area contributed by atoms with Gasteiger partial charge in [0, 0.05) is 36.6 Å². The third-order valence-corrected chi connectivity index (χ3v) is 7.42. The van der Waals surface area contributed by atoms with Crippen LogP contribution in [0.15, 0.2) is 146 Å². The van der Waals surface area contributed by atoms with Gasteiger partial charge in [0.05, 0.1) is 22.5 Å². The van der Waals surface area contributed by atoms with Crippen molar-refractivity contribution in [1.29, 1.82) is 0 Å². The van der Waals surface area contributed by atoms with Crippen molar-refractivity contribution in [2.24, 2.45) is 0 Å². The fraction of sp³-hybridized carbons (Fsp3) is 0.0526. The maximum Gasteiger partial charge on any atom is 0.195 e. The molecular formula is C38H30N2O2. The summed E-state index contributed by atoms with van der Waals surface area (Å²) in [6.07, 6.45) is 0. The number of hydrogen-bond acceptors (Lipinski definition) is 3. The monoisotopic (exact) mass is 546 g/mol. The molecule has 1 heterocycles. The number of carbonyl (C=O) groups is 2. The van der Waals surface area contributed by atoms with Crippen LogP contribution < -0.4 is 4.90 Å². The van der Waals surface area contributed by atoms with Crippen LogP contribution in [0, 0.1) is 0 Å². The van der Waals surface area contributed by atoms with Crippen molar-refractivity contribution < 1.29 is 9.59 Å². The summed E-state index contributed by atoms with van der Waals surface area (Å²) in [5, 5.41) is 0. The van der Waals surface area contributed by atoms with Gasteiger partial charge in [-0.15, -0.1) is 0 Å². The summed E-state index contributed by atoms with van der Waals surface area (Å²) in [7, 11) is 4.01. The second kappa shape index (κ2) is 11.6. The van der Waals surface area contributed by atoms with Gasteiger partial charge in [-0.2, -0.15) is 0 Å². The summed E-state index contributed by atoms with van der Waals surface area (Å²) in [6.45, 7) is 0. The van der Waals surface area contributed by atoms with Gasteiger partial charge in [-0.05, 0) is 35.4 Å². The van der Waals surface area contributed by atoms with Gasteiger partial charge >= 0.3 is 0 Å². The van der Waals surface area contributed by atoms with Crippen LogP contribution in [-0.2, 0) is 0 Å². The van der Waals surface area contributed by atoms with Crippen molar-refractivity contribution >= 4 is 17.3 Å². The molecule has 0 N–H and O–H groups in total. The number of rotatable bonds is 8. The molecule has 0 aliphatic rings. The molecule has 0 amide bonds. The zero-order chi connectivity index (χ0) is 29.1. The lowest BCUT2D eigenvalue weighted by molar-refractivity contribution is 0.100. The highest BCUT2D eigenvalue weighted by Crippen LogP contribution is 2.42. The molecule has 42 heavy (non-hydrogen) atoms. The Bertz CT molecular complexity index is 1730. The molecule has 6 rings (SSSR count). The number of hydrogen-bond donors (Lipinski definition) is 0. The number of aromatic nitrogens is 1. The number of anilines is 1. The van der Waals surface area contributed by atoms with Crippen LogP contribution in [-0.4, -0.2) is 30.2 Å². The normalized spacial score (nSPS) is 10.8. The minimum Gasteiger partial charge on any atom is -0.378 e. The SMILES string of the molecule is CN(C)c1ccc(-n2c(-c3ccccc3)c(C(=O)c3ccccc3)c(C(=O)c3ccccc3)c2-c2ccccc2)cc1. The van der Waals surface area contributed by atoms with E-state index in [1.807, 2.05) is 128 Å². The van der Waals surface area contributed by atoms with E-state index in [2.05, 4.69) is 16.7 Å². The quantitative estimate of drug-likeness (QED) is 0.180. The van der Waals surface area contributed by atoms with Crippen LogP contribution in [0.25, 0.3) is 28.2 Å². The largest absolute Gasteiger partial charge is 0.378 e. The second-order valence-electron chi connectivity index (χ2n) is 10.3. The first-order valence-electron chi connectivity index (χ1n) is 13.9. The van der Waals surface area contributed by atoms with E-state index in [1.54, 1.807) is 24.3 Å². The van der Waals surface area contributed by atoms with Gasteiger partial charge in [0.15, 0.2) is 11.6 Å². The molecule has 0 saturated carbocycles. The van der Waals surface area contributed by atoms with Crippen LogP contribution in [0.3, 0.4) is 0 Å². The number of ketones is 2. The van der Waals surface area contributed by atoms with Gasteiger partial charge in [-0.25, -0.2) is 0 Å². The van der Waals surface area contributed by atoms with Crippen LogP contribution in [0.5, 0.6) is 0 Å². The van der Waals surface area contributed by atoms with Gasteiger partial charge in [0.1, 0.15) is 0 Å². The molecule has 0 spiro atoms. The van der Waals surface area contributed by atoms with Crippen molar-refractivity contribution in [3.8, 4) is 28.2 Å². The molecule has 0 unspecified atom stereocenters. The summed E-state index contributed by atoms with van der Waals surface area (Å²) in [5.74, 6) is -0.399. The van der Waals surface area contributed by atoms with E-state index < -0.39 is 0 Å². The van der Waals surface area contributed by atoms with Gasteiger partial charge in [0.2, 0.25) is 0 Å². The maximum absolute atomic E-state index is 14.6. The van der Waals surface area contributed by atoms with E-state index >= 15 is 0 Å². The standard InChI is InChI=1S/C38H30N2O2/c1-39(2)31-23-25-32(26-24-31)40-35(27-15-7-3-8-16-27)33(37(41)29-19-11-5-12-20-29)34(36(40)28-17-9-4-10-18-28)38(42)30-21-13-6-14-22-30/h3-26H,1-2H3. The highest BCUT2D eigenvalue weighted by Gasteiger charge is 2.34. The van der Waals surface area contributed by atoms with Crippen LogP contribution in [0.1, 0.15) is 31.8 Å². The Hall–Kier alpha value is -5.48. The molecule has 6 aromatic rings. The first kappa shape index (κ1) is 26.7. The van der Waals surface area contributed by atoms with Gasteiger partial charge in [-0.1, -0.05) is 121 Å². The zero-order valence-corrected chi connectivity index (χ0v) is 23.6. The molecule has 4 heteroatoms. The van der Waals surface area contributed by atoms with Crippen molar-refractivity contribution in [3.63, 3.8) is 0 Å². The van der Waals surface area contributed by atoms with Gasteiger partial charge in [0.25, 0.3) is 0 Å². The van der Waals surface area contributed by atoms with Crippen molar-refractivity contribution in [1.82, 2.24) is 4.57 Å². The molecule has 0 aliphatic carbocycles. The molecule has 5 aromatic carbocycles. The third-order valence-electron chi connectivity index (χ3n) is 7.42. The topological polar surface area (TPSA) is 42.3 Å². The summed E-state index contributed by atoms with van der Waals surface area (Å²) < 4.78 is 2.08. The Kier molecular flexibility index (Phi) is 7.35. The Labute approximate surface area is 246 Å². The first-order valence-corrected chi connectivity index (χ1v) is 13.9. The van der Waals surface area contributed by atoms with Crippen molar-refractivity contribution in [2.45, 2.75) is 0 Å². The van der Waals surface area contributed by atoms with E-state index in [0.717, 1.165) is 22.5 Å². The van der Waals surface area contributed by atoms with Crippen LogP contribution >= 0.6 is 0 Å². The van der Waals surface area contributed by atoms with E-state index in [0.29, 0.717) is 33.6 Å². The van der Waals surface area contributed by atoms with Gasteiger partial charge < -0.3 is 9.47 Å². The first-order chi connectivity index (χ1) is 20.5. The molecule has 0 radical (unpaired) electrons. The van der Waals surface area contributed by atoms with E-state index in [4.69, 9.17) is 0 Å². The molecule has 0 aliphatic heterocycles. The van der Waals surface area contributed by atoms with Crippen LogP contribution in [0.4, 0.5) is 5.69 Å². The Morgan fingerprint density at radius 2 is 0.833 bits per heavy atom. The van der Waals surface area contributed by atoms with Crippen LogP contribution in [0.2, 0.25) is 0 Å². The lowest BCUT2D eigenvalue weighted by atomic mass is 9.90. The Morgan fingerprint density at radius 1 is 0.476 bits per heavy atom. The highest BCUT2D eigenvalue weighted by atomic mass is 16.1. The molecule has 204 valence electrons. The molecule has 0 atom stereocenters. The zero-order valence-electron chi connectivity index (χ0n) is 23.6. The fourth-order valence-corrected chi connectivity index (χ4v) is 5.38.